The fraction of sp³-hybridized carbons (Fsp3) is 0.600. The summed E-state index contributed by atoms with van der Waals surface area (Å²) in [6.07, 6.45) is 1.38. The van der Waals surface area contributed by atoms with Crippen LogP contribution in [0.1, 0.15) is 18.9 Å². The van der Waals surface area contributed by atoms with Gasteiger partial charge in [-0.1, -0.05) is 6.92 Å². The van der Waals surface area contributed by atoms with Gasteiger partial charge in [-0.2, -0.15) is 0 Å². The Labute approximate surface area is 119 Å². The van der Waals surface area contributed by atoms with Crippen molar-refractivity contribution in [2.45, 2.75) is 26.0 Å². The van der Waals surface area contributed by atoms with E-state index in [4.69, 9.17) is 14.2 Å². The molecule has 2 aliphatic rings. The minimum absolute atomic E-state index is 0.227. The summed E-state index contributed by atoms with van der Waals surface area (Å²) in [5.41, 5.74) is 0.874. The molecule has 2 aliphatic heterocycles. The van der Waals surface area contributed by atoms with Gasteiger partial charge in [0.15, 0.2) is 11.5 Å². The smallest absolute Gasteiger partial charge is 0.231 e. The SMILES string of the molecule is COC1CN(Cc2cc3c(cc2O)OCO3)CCC1C. The molecule has 2 unspecified atom stereocenters. The summed E-state index contributed by atoms with van der Waals surface area (Å²) in [4.78, 5) is 2.31. The largest absolute Gasteiger partial charge is 0.507 e. The summed E-state index contributed by atoms with van der Waals surface area (Å²) >= 11 is 0. The maximum Gasteiger partial charge on any atom is 0.231 e. The molecule has 3 rings (SSSR count). The molecule has 5 heteroatoms. The Balaban J connectivity index is 1.72. The molecule has 0 spiro atoms. The fourth-order valence-electron chi connectivity index (χ4n) is 2.89. The van der Waals surface area contributed by atoms with Crippen molar-refractivity contribution in [2.75, 3.05) is 27.0 Å². The van der Waals surface area contributed by atoms with Crippen LogP contribution >= 0.6 is 0 Å². The highest BCUT2D eigenvalue weighted by molar-refractivity contribution is 5.51. The van der Waals surface area contributed by atoms with Crippen LogP contribution in [0.25, 0.3) is 0 Å². The summed E-state index contributed by atoms with van der Waals surface area (Å²) in [6.45, 7) is 5.07. The number of benzene rings is 1. The van der Waals surface area contributed by atoms with Crippen LogP contribution in [-0.2, 0) is 11.3 Å². The first-order chi connectivity index (χ1) is 9.67. The molecule has 0 aromatic heterocycles. The molecule has 1 N–H and O–H groups in total. The molecule has 1 aromatic carbocycles. The lowest BCUT2D eigenvalue weighted by Gasteiger charge is -2.36. The molecular weight excluding hydrogens is 258 g/mol. The molecule has 0 bridgehead atoms. The molecular formula is C15H21NO4. The number of likely N-dealkylation sites (tertiary alicyclic amines) is 1. The maximum atomic E-state index is 10.1. The highest BCUT2D eigenvalue weighted by Crippen LogP contribution is 2.38. The molecule has 1 saturated heterocycles. The van der Waals surface area contributed by atoms with Crippen molar-refractivity contribution in [3.05, 3.63) is 17.7 Å². The van der Waals surface area contributed by atoms with Crippen molar-refractivity contribution in [1.29, 1.82) is 0 Å². The highest BCUT2D eigenvalue weighted by Gasteiger charge is 2.27. The number of rotatable bonds is 3. The van der Waals surface area contributed by atoms with Gasteiger partial charge in [0, 0.05) is 31.8 Å². The van der Waals surface area contributed by atoms with Gasteiger partial charge < -0.3 is 19.3 Å². The molecule has 0 radical (unpaired) electrons. The van der Waals surface area contributed by atoms with E-state index in [1.165, 1.54) is 0 Å². The van der Waals surface area contributed by atoms with E-state index in [0.29, 0.717) is 24.0 Å². The van der Waals surface area contributed by atoms with E-state index in [1.54, 1.807) is 13.2 Å². The predicted molar refractivity (Wildman–Crippen MR) is 74.1 cm³/mol. The van der Waals surface area contributed by atoms with Gasteiger partial charge in [0.2, 0.25) is 6.79 Å². The normalized spacial score (nSPS) is 25.9. The Morgan fingerprint density at radius 3 is 2.85 bits per heavy atom. The van der Waals surface area contributed by atoms with Crippen molar-refractivity contribution in [1.82, 2.24) is 4.90 Å². The Kier molecular flexibility index (Phi) is 3.72. The lowest BCUT2D eigenvalue weighted by atomic mass is 9.95. The van der Waals surface area contributed by atoms with E-state index in [2.05, 4.69) is 11.8 Å². The summed E-state index contributed by atoms with van der Waals surface area (Å²) in [6, 6.07) is 3.51. The zero-order valence-corrected chi connectivity index (χ0v) is 12.0. The number of hydrogen-bond acceptors (Lipinski definition) is 5. The third-order valence-corrected chi connectivity index (χ3v) is 4.24. The second-order valence-corrected chi connectivity index (χ2v) is 5.61. The van der Waals surface area contributed by atoms with E-state index in [0.717, 1.165) is 25.1 Å². The van der Waals surface area contributed by atoms with E-state index in [9.17, 15) is 5.11 Å². The van der Waals surface area contributed by atoms with E-state index in [1.807, 2.05) is 6.07 Å². The average Bonchev–Trinajstić information content (AvgIpc) is 2.88. The number of fused-ring (bicyclic) bond motifs is 1. The van der Waals surface area contributed by atoms with Crippen LogP contribution in [0.2, 0.25) is 0 Å². The Morgan fingerprint density at radius 1 is 1.35 bits per heavy atom. The minimum atomic E-state index is 0.227. The molecule has 1 fully saturated rings. The molecule has 2 atom stereocenters. The van der Waals surface area contributed by atoms with Gasteiger partial charge in [-0.25, -0.2) is 0 Å². The Hall–Kier alpha value is -1.46. The van der Waals surface area contributed by atoms with Crippen LogP contribution in [0, 0.1) is 5.92 Å². The minimum Gasteiger partial charge on any atom is -0.507 e. The van der Waals surface area contributed by atoms with Gasteiger partial charge in [-0.3, -0.25) is 4.90 Å². The average molecular weight is 279 g/mol. The van der Waals surface area contributed by atoms with Gasteiger partial charge in [-0.05, 0) is 24.9 Å². The van der Waals surface area contributed by atoms with Gasteiger partial charge >= 0.3 is 0 Å². The fourth-order valence-corrected chi connectivity index (χ4v) is 2.89. The molecule has 110 valence electrons. The van der Waals surface area contributed by atoms with E-state index < -0.39 is 0 Å². The number of piperidine rings is 1. The molecule has 0 saturated carbocycles. The molecule has 5 nitrogen and oxygen atoms in total. The number of phenolic OH excluding ortho intramolecular Hbond substituents is 1. The van der Waals surface area contributed by atoms with E-state index in [-0.39, 0.29) is 18.6 Å². The van der Waals surface area contributed by atoms with Gasteiger partial charge in [-0.15, -0.1) is 0 Å². The third-order valence-electron chi connectivity index (χ3n) is 4.24. The number of ether oxygens (including phenoxy) is 3. The number of phenols is 1. The van der Waals surface area contributed by atoms with Gasteiger partial charge in [0.25, 0.3) is 0 Å². The van der Waals surface area contributed by atoms with Crippen LogP contribution in [0.3, 0.4) is 0 Å². The maximum absolute atomic E-state index is 10.1. The molecule has 0 amide bonds. The number of aromatic hydroxyl groups is 1. The zero-order chi connectivity index (χ0) is 14.1. The number of nitrogens with zero attached hydrogens (tertiary/aromatic N) is 1. The topological polar surface area (TPSA) is 51.2 Å². The highest BCUT2D eigenvalue weighted by atomic mass is 16.7. The summed E-state index contributed by atoms with van der Waals surface area (Å²) in [5.74, 6) is 2.18. The predicted octanol–water partition coefficient (Wildman–Crippen LogP) is 1.98. The first kappa shape index (κ1) is 13.5. The van der Waals surface area contributed by atoms with Crippen LogP contribution in [0.15, 0.2) is 12.1 Å². The monoisotopic (exact) mass is 279 g/mol. The third kappa shape index (κ3) is 2.55. The molecule has 1 aromatic rings. The van der Waals surface area contributed by atoms with Crippen LogP contribution < -0.4 is 9.47 Å². The second kappa shape index (κ2) is 5.50. The summed E-state index contributed by atoms with van der Waals surface area (Å²) < 4.78 is 16.1. The van der Waals surface area contributed by atoms with Crippen molar-refractivity contribution in [3.63, 3.8) is 0 Å². The molecule has 20 heavy (non-hydrogen) atoms. The van der Waals surface area contributed by atoms with Gasteiger partial charge in [0.05, 0.1) is 6.10 Å². The molecule has 2 heterocycles. The summed E-state index contributed by atoms with van der Waals surface area (Å²) in [5, 5.41) is 10.1. The van der Waals surface area contributed by atoms with Gasteiger partial charge in [0.1, 0.15) is 5.75 Å². The lowest BCUT2D eigenvalue weighted by molar-refractivity contribution is -0.00763. The van der Waals surface area contributed by atoms with Crippen LogP contribution in [-0.4, -0.2) is 43.1 Å². The van der Waals surface area contributed by atoms with Crippen molar-refractivity contribution in [3.8, 4) is 17.2 Å². The van der Waals surface area contributed by atoms with Crippen LogP contribution in [0.5, 0.6) is 17.2 Å². The summed E-state index contributed by atoms with van der Waals surface area (Å²) in [7, 11) is 1.77. The zero-order valence-electron chi connectivity index (χ0n) is 12.0. The van der Waals surface area contributed by atoms with E-state index >= 15 is 0 Å². The Bertz CT molecular complexity index is 491. The number of hydrogen-bond donors (Lipinski definition) is 1. The van der Waals surface area contributed by atoms with Crippen molar-refractivity contribution >= 4 is 0 Å². The lowest BCUT2D eigenvalue weighted by Crippen LogP contribution is -2.43. The quantitative estimate of drug-likeness (QED) is 0.917. The Morgan fingerprint density at radius 2 is 2.10 bits per heavy atom. The first-order valence-corrected chi connectivity index (χ1v) is 7.04. The van der Waals surface area contributed by atoms with Crippen LogP contribution in [0.4, 0.5) is 0 Å². The van der Waals surface area contributed by atoms with Crippen molar-refractivity contribution in [2.24, 2.45) is 5.92 Å². The first-order valence-electron chi connectivity index (χ1n) is 7.04. The number of methoxy groups -OCH3 is 1. The standard InChI is InChI=1S/C15H21NO4/c1-10-3-4-16(8-15(10)18-2)7-11-5-13-14(6-12(11)17)20-9-19-13/h5-6,10,15,17H,3-4,7-9H2,1-2H3. The molecule has 0 aliphatic carbocycles. The van der Waals surface area contributed by atoms with Crippen molar-refractivity contribution < 1.29 is 19.3 Å². The second-order valence-electron chi connectivity index (χ2n) is 5.61.